The summed E-state index contributed by atoms with van der Waals surface area (Å²) in [6.45, 7) is 0.393. The van der Waals surface area contributed by atoms with Crippen LogP contribution in [0.1, 0.15) is 24.5 Å². The molecule has 0 radical (unpaired) electrons. The molecule has 1 fully saturated rings. The minimum atomic E-state index is 0.00898. The number of nitrogens with zero attached hydrogens (tertiary/aromatic N) is 3. The van der Waals surface area contributed by atoms with Gasteiger partial charge < -0.3 is 15.4 Å². The van der Waals surface area contributed by atoms with Crippen LogP contribution in [0, 0.1) is 0 Å². The van der Waals surface area contributed by atoms with Crippen molar-refractivity contribution in [2.75, 3.05) is 12.3 Å². The Bertz CT molecular complexity index is 527. The van der Waals surface area contributed by atoms with Crippen molar-refractivity contribution < 1.29 is 9.63 Å². The molecule has 0 aliphatic heterocycles. The van der Waals surface area contributed by atoms with E-state index in [0.29, 0.717) is 24.0 Å². The first-order chi connectivity index (χ1) is 8.29. The molecule has 0 atom stereocenters. The van der Waals surface area contributed by atoms with E-state index in [2.05, 4.69) is 10.3 Å². The first-order valence-electron chi connectivity index (χ1n) is 5.68. The van der Waals surface area contributed by atoms with Crippen LogP contribution in [-0.2, 0) is 6.54 Å². The lowest BCUT2D eigenvalue weighted by atomic mass is 10.2. The topological polar surface area (TPSA) is 90.1 Å². The van der Waals surface area contributed by atoms with E-state index >= 15 is 0 Å². The molecule has 0 aromatic carbocycles. The van der Waals surface area contributed by atoms with E-state index in [9.17, 15) is 0 Å². The number of nitrogen functional groups attached to an aromatic ring is 1. The molecule has 6 heteroatoms. The third kappa shape index (κ3) is 1.80. The largest absolute Gasteiger partial charge is 0.394 e. The summed E-state index contributed by atoms with van der Waals surface area (Å²) >= 11 is 0. The number of anilines is 1. The van der Waals surface area contributed by atoms with Crippen LogP contribution in [0.2, 0.25) is 0 Å². The molecular weight excluding hydrogens is 220 g/mol. The number of hydrogen-bond donors (Lipinski definition) is 2. The van der Waals surface area contributed by atoms with Gasteiger partial charge in [-0.15, -0.1) is 0 Å². The number of aliphatic hydroxyl groups excluding tert-OH is 1. The van der Waals surface area contributed by atoms with Gasteiger partial charge in [-0.3, -0.25) is 0 Å². The molecule has 2 heterocycles. The fourth-order valence-electron chi connectivity index (χ4n) is 1.84. The summed E-state index contributed by atoms with van der Waals surface area (Å²) in [5.41, 5.74) is 7.65. The number of hydrogen-bond acceptors (Lipinski definition) is 5. The van der Waals surface area contributed by atoms with Gasteiger partial charge in [0.05, 0.1) is 30.6 Å². The molecule has 17 heavy (non-hydrogen) atoms. The predicted octanol–water partition coefficient (Wildman–Crippen LogP) is 0.990. The van der Waals surface area contributed by atoms with Gasteiger partial charge in [0.2, 0.25) is 0 Å². The minimum absolute atomic E-state index is 0.00898. The van der Waals surface area contributed by atoms with Crippen molar-refractivity contribution >= 4 is 5.82 Å². The summed E-state index contributed by atoms with van der Waals surface area (Å²) in [6, 6.07) is 1.92. The van der Waals surface area contributed by atoms with Gasteiger partial charge in [0.25, 0.3) is 0 Å². The summed E-state index contributed by atoms with van der Waals surface area (Å²) in [5, 5.41) is 17.0. The number of nitrogens with two attached hydrogens (primary N) is 1. The Labute approximate surface area is 98.0 Å². The molecule has 90 valence electrons. The van der Waals surface area contributed by atoms with Gasteiger partial charge in [-0.1, -0.05) is 5.16 Å². The molecule has 1 aliphatic carbocycles. The summed E-state index contributed by atoms with van der Waals surface area (Å²) in [4.78, 5) is 0. The maximum atomic E-state index is 8.86. The molecule has 0 amide bonds. The maximum Gasteiger partial charge on any atom is 0.172 e. The molecule has 0 bridgehead atoms. The van der Waals surface area contributed by atoms with E-state index in [4.69, 9.17) is 15.4 Å². The van der Waals surface area contributed by atoms with E-state index < -0.39 is 0 Å². The van der Waals surface area contributed by atoms with Gasteiger partial charge in [0.15, 0.2) is 5.76 Å². The second-order valence-electron chi connectivity index (χ2n) is 4.28. The first kappa shape index (κ1) is 10.3. The Kier molecular flexibility index (Phi) is 2.36. The highest BCUT2D eigenvalue weighted by molar-refractivity contribution is 5.69. The molecule has 6 nitrogen and oxygen atoms in total. The maximum absolute atomic E-state index is 8.86. The van der Waals surface area contributed by atoms with E-state index in [1.54, 1.807) is 10.9 Å². The molecule has 0 saturated heterocycles. The monoisotopic (exact) mass is 234 g/mol. The SMILES string of the molecule is Nc1c(-c2cc(C3CC3)no2)cnn1CCO. The lowest BCUT2D eigenvalue weighted by molar-refractivity contribution is 0.270. The number of rotatable bonds is 4. The molecule has 2 aromatic rings. The molecule has 1 aliphatic rings. The standard InChI is InChI=1S/C11H14N4O2/c12-11-8(6-13-15(11)3-4-16)10-5-9(14-17-10)7-1-2-7/h5-7,16H,1-4,12H2. The van der Waals surface area contributed by atoms with Crippen molar-refractivity contribution in [2.24, 2.45) is 0 Å². The zero-order chi connectivity index (χ0) is 11.8. The quantitative estimate of drug-likeness (QED) is 0.823. The molecule has 0 spiro atoms. The Morgan fingerprint density at radius 3 is 3.06 bits per heavy atom. The predicted molar refractivity (Wildman–Crippen MR) is 61.2 cm³/mol. The molecule has 3 N–H and O–H groups in total. The Morgan fingerprint density at radius 2 is 2.35 bits per heavy atom. The smallest absolute Gasteiger partial charge is 0.172 e. The highest BCUT2D eigenvalue weighted by atomic mass is 16.5. The van der Waals surface area contributed by atoms with Gasteiger partial charge >= 0.3 is 0 Å². The summed E-state index contributed by atoms with van der Waals surface area (Å²) in [5.74, 6) is 1.70. The van der Waals surface area contributed by atoms with Crippen LogP contribution in [0.4, 0.5) is 5.82 Å². The van der Waals surface area contributed by atoms with Crippen LogP contribution in [0.5, 0.6) is 0 Å². The van der Waals surface area contributed by atoms with E-state index in [1.165, 1.54) is 12.8 Å². The van der Waals surface area contributed by atoms with Crippen LogP contribution in [0.3, 0.4) is 0 Å². The fourth-order valence-corrected chi connectivity index (χ4v) is 1.84. The van der Waals surface area contributed by atoms with E-state index in [0.717, 1.165) is 11.3 Å². The normalized spacial score (nSPS) is 15.4. The third-order valence-corrected chi connectivity index (χ3v) is 2.98. The second-order valence-corrected chi connectivity index (χ2v) is 4.28. The minimum Gasteiger partial charge on any atom is -0.394 e. The van der Waals surface area contributed by atoms with Crippen molar-refractivity contribution in [3.63, 3.8) is 0 Å². The molecule has 3 rings (SSSR count). The second kappa shape index (κ2) is 3.89. The molecule has 0 unspecified atom stereocenters. The van der Waals surface area contributed by atoms with Gasteiger partial charge in [-0.2, -0.15) is 5.10 Å². The average molecular weight is 234 g/mol. The Morgan fingerprint density at radius 1 is 1.53 bits per heavy atom. The number of aliphatic hydroxyl groups is 1. The van der Waals surface area contributed by atoms with Gasteiger partial charge in [-0.05, 0) is 12.8 Å². The van der Waals surface area contributed by atoms with Gasteiger partial charge in [-0.25, -0.2) is 4.68 Å². The fraction of sp³-hybridized carbons (Fsp3) is 0.455. The lowest BCUT2D eigenvalue weighted by Crippen LogP contribution is -2.07. The van der Waals surface area contributed by atoms with Crippen molar-refractivity contribution in [2.45, 2.75) is 25.3 Å². The van der Waals surface area contributed by atoms with Crippen molar-refractivity contribution in [1.82, 2.24) is 14.9 Å². The van der Waals surface area contributed by atoms with Crippen LogP contribution in [0.25, 0.3) is 11.3 Å². The highest BCUT2D eigenvalue weighted by Crippen LogP contribution is 2.41. The molecule has 2 aromatic heterocycles. The van der Waals surface area contributed by atoms with Crippen LogP contribution in [-0.4, -0.2) is 26.7 Å². The van der Waals surface area contributed by atoms with Crippen molar-refractivity contribution in [1.29, 1.82) is 0 Å². The summed E-state index contributed by atoms with van der Waals surface area (Å²) in [7, 11) is 0. The van der Waals surface area contributed by atoms with Crippen LogP contribution < -0.4 is 5.73 Å². The zero-order valence-electron chi connectivity index (χ0n) is 9.33. The first-order valence-corrected chi connectivity index (χ1v) is 5.68. The van der Waals surface area contributed by atoms with E-state index in [-0.39, 0.29) is 6.61 Å². The zero-order valence-corrected chi connectivity index (χ0v) is 9.33. The van der Waals surface area contributed by atoms with E-state index in [1.807, 2.05) is 6.07 Å². The van der Waals surface area contributed by atoms with Crippen LogP contribution in [0.15, 0.2) is 16.8 Å². The molecular formula is C11H14N4O2. The summed E-state index contributed by atoms with van der Waals surface area (Å²) in [6.07, 6.45) is 4.01. The van der Waals surface area contributed by atoms with Gasteiger partial charge in [0, 0.05) is 12.0 Å². The molecule has 1 saturated carbocycles. The third-order valence-electron chi connectivity index (χ3n) is 2.98. The Hall–Kier alpha value is -1.82. The number of aromatic nitrogens is 3. The highest BCUT2D eigenvalue weighted by Gasteiger charge is 2.27. The Balaban J connectivity index is 1.91. The van der Waals surface area contributed by atoms with Crippen LogP contribution >= 0.6 is 0 Å². The van der Waals surface area contributed by atoms with Crippen molar-refractivity contribution in [3.05, 3.63) is 18.0 Å². The average Bonchev–Trinajstić information content (AvgIpc) is 2.96. The van der Waals surface area contributed by atoms with Crippen molar-refractivity contribution in [3.8, 4) is 11.3 Å². The lowest BCUT2D eigenvalue weighted by Gasteiger charge is -2.00. The summed E-state index contributed by atoms with van der Waals surface area (Å²) < 4.78 is 6.83. The van der Waals surface area contributed by atoms with Gasteiger partial charge in [0.1, 0.15) is 5.82 Å².